The van der Waals surface area contributed by atoms with Gasteiger partial charge >= 0.3 is 0 Å². The number of hydrogen-bond acceptors (Lipinski definition) is 2. The normalized spacial score (nSPS) is 29.0. The molecule has 2 heterocycles. The summed E-state index contributed by atoms with van der Waals surface area (Å²) in [4.78, 5) is 4.29. The SMILES string of the molecule is O[C@@H]1CCCC[C@H]1[C@@H]1c2ccccc2-c2cncn21. The van der Waals surface area contributed by atoms with E-state index in [1.807, 2.05) is 12.5 Å². The van der Waals surface area contributed by atoms with Gasteiger partial charge in [0.1, 0.15) is 0 Å². The minimum Gasteiger partial charge on any atom is -0.393 e. The highest BCUT2D eigenvalue weighted by molar-refractivity contribution is 5.69. The van der Waals surface area contributed by atoms with Crippen LogP contribution in [0.15, 0.2) is 36.8 Å². The van der Waals surface area contributed by atoms with Crippen LogP contribution in [0.1, 0.15) is 37.3 Å². The van der Waals surface area contributed by atoms with E-state index in [-0.39, 0.29) is 12.1 Å². The fourth-order valence-electron chi connectivity index (χ4n) is 3.82. The van der Waals surface area contributed by atoms with E-state index in [1.165, 1.54) is 23.2 Å². The van der Waals surface area contributed by atoms with Gasteiger partial charge in [-0.05, 0) is 18.4 Å². The van der Waals surface area contributed by atoms with Crippen molar-refractivity contribution in [1.82, 2.24) is 9.55 Å². The number of aliphatic hydroxyl groups is 1. The summed E-state index contributed by atoms with van der Waals surface area (Å²) in [6.45, 7) is 0. The van der Waals surface area contributed by atoms with Crippen molar-refractivity contribution >= 4 is 0 Å². The van der Waals surface area contributed by atoms with E-state index in [9.17, 15) is 5.11 Å². The minimum absolute atomic E-state index is 0.180. The van der Waals surface area contributed by atoms with Gasteiger partial charge in [-0.25, -0.2) is 4.98 Å². The molecule has 2 aromatic rings. The number of rotatable bonds is 1. The van der Waals surface area contributed by atoms with E-state index < -0.39 is 0 Å². The average Bonchev–Trinajstić information content (AvgIpc) is 3.00. The fraction of sp³-hybridized carbons (Fsp3) is 0.438. The molecule has 1 aromatic heterocycles. The molecular weight excluding hydrogens is 236 g/mol. The van der Waals surface area contributed by atoms with Crippen molar-refractivity contribution < 1.29 is 5.11 Å². The predicted molar refractivity (Wildman–Crippen MR) is 73.8 cm³/mol. The van der Waals surface area contributed by atoms with Crippen molar-refractivity contribution in [3.8, 4) is 11.3 Å². The Morgan fingerprint density at radius 3 is 2.89 bits per heavy atom. The lowest BCUT2D eigenvalue weighted by atomic mass is 9.79. The maximum atomic E-state index is 10.4. The molecule has 1 aliphatic heterocycles. The van der Waals surface area contributed by atoms with Crippen LogP contribution in [-0.4, -0.2) is 20.8 Å². The highest BCUT2D eigenvalue weighted by Gasteiger charge is 2.38. The van der Waals surface area contributed by atoms with Crippen molar-refractivity contribution in [2.75, 3.05) is 0 Å². The fourth-order valence-corrected chi connectivity index (χ4v) is 3.82. The number of fused-ring (bicyclic) bond motifs is 3. The third-order valence-corrected chi connectivity index (χ3v) is 4.71. The van der Waals surface area contributed by atoms with Gasteiger partial charge in [0.2, 0.25) is 0 Å². The molecular formula is C16H18N2O. The topological polar surface area (TPSA) is 38.1 Å². The molecule has 0 radical (unpaired) electrons. The molecule has 1 N–H and O–H groups in total. The number of imidazole rings is 1. The number of nitrogens with zero attached hydrogens (tertiary/aromatic N) is 2. The molecule has 1 aromatic carbocycles. The summed E-state index contributed by atoms with van der Waals surface area (Å²) in [7, 11) is 0. The first-order valence-electron chi connectivity index (χ1n) is 7.15. The van der Waals surface area contributed by atoms with Gasteiger partial charge in [0.05, 0.1) is 30.4 Å². The quantitative estimate of drug-likeness (QED) is 0.849. The Morgan fingerprint density at radius 1 is 1.16 bits per heavy atom. The van der Waals surface area contributed by atoms with E-state index in [1.54, 1.807) is 0 Å². The second kappa shape index (κ2) is 4.20. The second-order valence-electron chi connectivity index (χ2n) is 5.73. The summed E-state index contributed by atoms with van der Waals surface area (Å²) in [5.41, 5.74) is 3.83. The zero-order valence-corrected chi connectivity index (χ0v) is 10.9. The monoisotopic (exact) mass is 254 g/mol. The van der Waals surface area contributed by atoms with Crippen LogP contribution < -0.4 is 0 Å². The van der Waals surface area contributed by atoms with Crippen LogP contribution in [-0.2, 0) is 0 Å². The summed E-state index contributed by atoms with van der Waals surface area (Å²) in [5.74, 6) is 0.324. The second-order valence-corrected chi connectivity index (χ2v) is 5.73. The zero-order chi connectivity index (χ0) is 12.8. The summed E-state index contributed by atoms with van der Waals surface area (Å²) in [6, 6.07) is 8.81. The third kappa shape index (κ3) is 1.58. The summed E-state index contributed by atoms with van der Waals surface area (Å²) < 4.78 is 2.25. The molecule has 0 spiro atoms. The Morgan fingerprint density at radius 2 is 2.00 bits per heavy atom. The Bertz CT molecular complexity index is 604. The zero-order valence-electron chi connectivity index (χ0n) is 10.9. The molecule has 1 aliphatic carbocycles. The molecule has 2 aliphatic rings. The van der Waals surface area contributed by atoms with Crippen LogP contribution in [0.2, 0.25) is 0 Å². The number of hydrogen-bond donors (Lipinski definition) is 1. The van der Waals surface area contributed by atoms with Gasteiger partial charge in [-0.15, -0.1) is 0 Å². The number of benzene rings is 1. The molecule has 3 atom stereocenters. The maximum absolute atomic E-state index is 10.4. The van der Waals surface area contributed by atoms with Crippen LogP contribution in [0.3, 0.4) is 0 Å². The smallest absolute Gasteiger partial charge is 0.0956 e. The lowest BCUT2D eigenvalue weighted by Crippen LogP contribution is -2.31. The Labute approximate surface area is 112 Å². The highest BCUT2D eigenvalue weighted by Crippen LogP contribution is 2.46. The summed E-state index contributed by atoms with van der Waals surface area (Å²) in [6.07, 6.45) is 8.11. The average molecular weight is 254 g/mol. The van der Waals surface area contributed by atoms with Gasteiger partial charge < -0.3 is 9.67 Å². The highest BCUT2D eigenvalue weighted by atomic mass is 16.3. The van der Waals surface area contributed by atoms with Crippen LogP contribution in [0, 0.1) is 5.92 Å². The minimum atomic E-state index is -0.180. The molecule has 19 heavy (non-hydrogen) atoms. The first kappa shape index (κ1) is 11.2. The number of aliphatic hydroxyl groups excluding tert-OH is 1. The van der Waals surface area contributed by atoms with Crippen molar-refractivity contribution in [3.05, 3.63) is 42.4 Å². The standard InChI is InChI=1S/C16H18N2O/c19-15-8-4-3-7-13(15)16-12-6-2-1-5-11(12)14-9-17-10-18(14)16/h1-2,5-6,9-10,13,15-16,19H,3-4,7-8H2/t13-,15-,16+/m1/s1. The van der Waals surface area contributed by atoms with Crippen LogP contribution >= 0.6 is 0 Å². The van der Waals surface area contributed by atoms with Crippen molar-refractivity contribution in [2.45, 2.75) is 37.8 Å². The summed E-state index contributed by atoms with van der Waals surface area (Å²) in [5, 5.41) is 10.4. The molecule has 98 valence electrons. The molecule has 3 heteroatoms. The molecule has 0 saturated heterocycles. The van der Waals surface area contributed by atoms with Gasteiger partial charge in [-0.2, -0.15) is 0 Å². The van der Waals surface area contributed by atoms with Crippen molar-refractivity contribution in [1.29, 1.82) is 0 Å². The lowest BCUT2D eigenvalue weighted by molar-refractivity contribution is 0.0504. The van der Waals surface area contributed by atoms with Gasteiger partial charge in [0.25, 0.3) is 0 Å². The van der Waals surface area contributed by atoms with E-state index in [4.69, 9.17) is 0 Å². The van der Waals surface area contributed by atoms with Crippen LogP contribution in [0.25, 0.3) is 11.3 Å². The Kier molecular flexibility index (Phi) is 2.49. The largest absolute Gasteiger partial charge is 0.393 e. The summed E-state index contributed by atoms with van der Waals surface area (Å²) >= 11 is 0. The molecule has 1 saturated carbocycles. The van der Waals surface area contributed by atoms with Crippen LogP contribution in [0.5, 0.6) is 0 Å². The number of aromatic nitrogens is 2. The maximum Gasteiger partial charge on any atom is 0.0956 e. The van der Waals surface area contributed by atoms with Gasteiger partial charge in [0, 0.05) is 11.5 Å². The van der Waals surface area contributed by atoms with E-state index >= 15 is 0 Å². The molecule has 3 nitrogen and oxygen atoms in total. The Balaban J connectivity index is 1.84. The van der Waals surface area contributed by atoms with E-state index in [2.05, 4.69) is 33.8 Å². The van der Waals surface area contributed by atoms with Gasteiger partial charge in [-0.3, -0.25) is 0 Å². The molecule has 0 unspecified atom stereocenters. The van der Waals surface area contributed by atoms with Gasteiger partial charge in [-0.1, -0.05) is 37.1 Å². The van der Waals surface area contributed by atoms with Crippen LogP contribution in [0.4, 0.5) is 0 Å². The molecule has 1 fully saturated rings. The lowest BCUT2D eigenvalue weighted by Gasteiger charge is -2.33. The third-order valence-electron chi connectivity index (χ3n) is 4.71. The van der Waals surface area contributed by atoms with E-state index in [0.717, 1.165) is 19.3 Å². The van der Waals surface area contributed by atoms with Crippen molar-refractivity contribution in [2.24, 2.45) is 5.92 Å². The van der Waals surface area contributed by atoms with E-state index in [0.29, 0.717) is 5.92 Å². The van der Waals surface area contributed by atoms with Gasteiger partial charge in [0.15, 0.2) is 0 Å². The van der Waals surface area contributed by atoms with Crippen molar-refractivity contribution in [3.63, 3.8) is 0 Å². The first-order valence-corrected chi connectivity index (χ1v) is 7.15. The Hall–Kier alpha value is -1.61. The first-order chi connectivity index (χ1) is 9.36. The molecule has 0 amide bonds. The predicted octanol–water partition coefficient (Wildman–Crippen LogP) is 3.00. The molecule has 0 bridgehead atoms. The molecule has 4 rings (SSSR count).